The van der Waals surface area contributed by atoms with Crippen molar-refractivity contribution in [2.75, 3.05) is 6.61 Å². The lowest BCUT2D eigenvalue weighted by Gasteiger charge is -2.64. The van der Waals surface area contributed by atoms with Crippen LogP contribution in [0.5, 0.6) is 0 Å². The van der Waals surface area contributed by atoms with Gasteiger partial charge in [0.1, 0.15) is 0 Å². The summed E-state index contributed by atoms with van der Waals surface area (Å²) in [7, 11) is 0. The predicted octanol–water partition coefficient (Wildman–Crippen LogP) is 5.58. The van der Waals surface area contributed by atoms with Gasteiger partial charge in [-0.2, -0.15) is 0 Å². The second-order valence-corrected chi connectivity index (χ2v) is 12.9. The summed E-state index contributed by atoms with van der Waals surface area (Å²) in [6.45, 7) is 11.9. The Kier molecular flexibility index (Phi) is 6.47. The van der Waals surface area contributed by atoms with Crippen molar-refractivity contribution < 1.29 is 15.3 Å². The van der Waals surface area contributed by atoms with Crippen LogP contribution in [0.1, 0.15) is 92.4 Å². The highest BCUT2D eigenvalue weighted by molar-refractivity contribution is 5.25. The van der Waals surface area contributed by atoms with Crippen molar-refractivity contribution in [3.05, 3.63) is 12.2 Å². The SMILES string of the molecule is CC(C)CCC[C@@H](C)[C@H]1CC(O)[C@@]2(CO)[C@@H]3C=CC4CC(O)CC[C@]4(C)[C@H]3CC[C@]12C. The van der Waals surface area contributed by atoms with Crippen LogP contribution in [0.15, 0.2) is 12.2 Å². The first-order valence-electron chi connectivity index (χ1n) is 13.3. The Bertz CT molecular complexity index is 673. The van der Waals surface area contributed by atoms with Crippen LogP contribution in [0.3, 0.4) is 0 Å². The molecule has 0 amide bonds. The predicted molar refractivity (Wildman–Crippen MR) is 126 cm³/mol. The number of hydrogen-bond acceptors (Lipinski definition) is 3. The second kappa shape index (κ2) is 8.44. The zero-order chi connectivity index (χ0) is 22.6. The molecule has 10 atom stereocenters. The molecule has 0 aliphatic heterocycles. The zero-order valence-corrected chi connectivity index (χ0v) is 20.7. The first kappa shape index (κ1) is 23.8. The number of allylic oxidation sites excluding steroid dienone is 2. The van der Waals surface area contributed by atoms with E-state index in [-0.39, 0.29) is 29.5 Å². The van der Waals surface area contributed by atoms with Crippen molar-refractivity contribution in [3.63, 3.8) is 0 Å². The van der Waals surface area contributed by atoms with Crippen LogP contribution >= 0.6 is 0 Å². The van der Waals surface area contributed by atoms with Crippen LogP contribution in [0, 0.1) is 51.8 Å². The molecule has 0 bridgehead atoms. The van der Waals surface area contributed by atoms with Crippen molar-refractivity contribution in [3.8, 4) is 0 Å². The molecule has 4 aliphatic carbocycles. The molecule has 0 aromatic carbocycles. The van der Waals surface area contributed by atoms with E-state index in [4.69, 9.17) is 0 Å². The lowest BCUT2D eigenvalue weighted by Crippen LogP contribution is -2.61. The first-order chi connectivity index (χ1) is 14.6. The van der Waals surface area contributed by atoms with Crippen LogP contribution in [-0.4, -0.2) is 34.1 Å². The molecule has 4 rings (SSSR count). The van der Waals surface area contributed by atoms with Gasteiger partial charge in [0.05, 0.1) is 18.8 Å². The minimum Gasteiger partial charge on any atom is -0.396 e. The first-order valence-corrected chi connectivity index (χ1v) is 13.3. The molecule has 3 saturated carbocycles. The Morgan fingerprint density at radius 2 is 1.71 bits per heavy atom. The van der Waals surface area contributed by atoms with Crippen molar-refractivity contribution in [2.24, 2.45) is 51.8 Å². The fourth-order valence-corrected chi connectivity index (χ4v) is 9.15. The summed E-state index contributed by atoms with van der Waals surface area (Å²) in [4.78, 5) is 0. The highest BCUT2D eigenvalue weighted by atomic mass is 16.3. The second-order valence-electron chi connectivity index (χ2n) is 12.9. The average Bonchev–Trinajstić information content (AvgIpc) is 2.95. The summed E-state index contributed by atoms with van der Waals surface area (Å²) >= 11 is 0. The van der Waals surface area contributed by atoms with Gasteiger partial charge < -0.3 is 15.3 Å². The Balaban J connectivity index is 1.64. The van der Waals surface area contributed by atoms with E-state index in [9.17, 15) is 15.3 Å². The highest BCUT2D eigenvalue weighted by Crippen LogP contribution is 2.72. The van der Waals surface area contributed by atoms with Crippen molar-refractivity contribution in [2.45, 2.75) is 105 Å². The molecular weight excluding hydrogens is 384 g/mol. The Hall–Kier alpha value is -0.380. The zero-order valence-electron chi connectivity index (χ0n) is 20.7. The molecule has 3 unspecified atom stereocenters. The minimum absolute atomic E-state index is 0.0126. The van der Waals surface area contributed by atoms with E-state index in [0.717, 1.165) is 38.0 Å². The van der Waals surface area contributed by atoms with Crippen LogP contribution in [0.25, 0.3) is 0 Å². The largest absolute Gasteiger partial charge is 0.396 e. The Labute approximate surface area is 190 Å². The third-order valence-corrected chi connectivity index (χ3v) is 11.1. The maximum Gasteiger partial charge on any atom is 0.0632 e. The third kappa shape index (κ3) is 3.48. The maximum atomic E-state index is 11.6. The maximum absolute atomic E-state index is 11.6. The molecule has 3 N–H and O–H groups in total. The summed E-state index contributed by atoms with van der Waals surface area (Å²) in [6.07, 6.45) is 13.9. The van der Waals surface area contributed by atoms with E-state index in [1.165, 1.54) is 25.7 Å². The standard InChI is InChI=1S/C28H48O3/c1-18(2)7-6-8-19(3)24-16-25(31)28(17-29)23-10-9-20-15-21(30)11-13-26(20,4)22(23)12-14-27(24,28)5/h9-10,18-25,29-31H,6-8,11-17H2,1-5H3/t19-,20?,21?,22+,23-,24-,25?,26+,27-,28-/m1/s1. The molecule has 0 spiro atoms. The average molecular weight is 433 g/mol. The molecule has 4 aliphatic rings. The van der Waals surface area contributed by atoms with Gasteiger partial charge in [-0.05, 0) is 84.9 Å². The van der Waals surface area contributed by atoms with Crippen molar-refractivity contribution in [1.82, 2.24) is 0 Å². The van der Waals surface area contributed by atoms with Gasteiger partial charge in [0.15, 0.2) is 0 Å². The van der Waals surface area contributed by atoms with E-state index in [0.29, 0.717) is 23.7 Å². The number of aliphatic hydroxyl groups is 3. The lowest BCUT2D eigenvalue weighted by molar-refractivity contribution is -0.176. The fraction of sp³-hybridized carbons (Fsp3) is 0.929. The molecule has 0 heterocycles. The third-order valence-electron chi connectivity index (χ3n) is 11.1. The van der Waals surface area contributed by atoms with Gasteiger partial charge in [-0.25, -0.2) is 0 Å². The summed E-state index contributed by atoms with van der Waals surface area (Å²) < 4.78 is 0. The quantitative estimate of drug-likeness (QED) is 0.480. The Morgan fingerprint density at radius 3 is 2.39 bits per heavy atom. The van der Waals surface area contributed by atoms with E-state index in [2.05, 4.69) is 46.8 Å². The summed E-state index contributed by atoms with van der Waals surface area (Å²) in [6, 6.07) is 0. The molecular formula is C28H48O3. The number of hydrogen-bond donors (Lipinski definition) is 3. The minimum atomic E-state index is -0.424. The number of fused-ring (bicyclic) bond motifs is 5. The van der Waals surface area contributed by atoms with Gasteiger partial charge in [0, 0.05) is 5.41 Å². The van der Waals surface area contributed by atoms with Gasteiger partial charge in [0.2, 0.25) is 0 Å². The van der Waals surface area contributed by atoms with Crippen LogP contribution in [0.4, 0.5) is 0 Å². The molecule has 3 heteroatoms. The smallest absolute Gasteiger partial charge is 0.0632 e. The summed E-state index contributed by atoms with van der Waals surface area (Å²) in [5.74, 6) is 3.00. The molecule has 0 saturated heterocycles. The normalized spacial score (nSPS) is 50.1. The van der Waals surface area contributed by atoms with E-state index in [1.807, 2.05) is 0 Å². The summed E-state index contributed by atoms with van der Waals surface area (Å²) in [5.41, 5.74) is -0.252. The van der Waals surface area contributed by atoms with Gasteiger partial charge >= 0.3 is 0 Å². The molecule has 0 aromatic heterocycles. The van der Waals surface area contributed by atoms with Gasteiger partial charge in [0.25, 0.3) is 0 Å². The van der Waals surface area contributed by atoms with Gasteiger partial charge in [-0.15, -0.1) is 0 Å². The van der Waals surface area contributed by atoms with Gasteiger partial charge in [-0.3, -0.25) is 0 Å². The van der Waals surface area contributed by atoms with Crippen molar-refractivity contribution >= 4 is 0 Å². The number of aliphatic hydroxyl groups excluding tert-OH is 3. The highest BCUT2D eigenvalue weighted by Gasteiger charge is 2.70. The fourth-order valence-electron chi connectivity index (χ4n) is 9.15. The molecule has 178 valence electrons. The number of rotatable bonds is 6. The van der Waals surface area contributed by atoms with Crippen LogP contribution < -0.4 is 0 Å². The van der Waals surface area contributed by atoms with E-state index < -0.39 is 11.5 Å². The summed E-state index contributed by atoms with van der Waals surface area (Å²) in [5, 5.41) is 32.8. The Morgan fingerprint density at radius 1 is 0.968 bits per heavy atom. The molecule has 3 fully saturated rings. The van der Waals surface area contributed by atoms with Crippen LogP contribution in [-0.2, 0) is 0 Å². The van der Waals surface area contributed by atoms with E-state index in [1.54, 1.807) is 0 Å². The lowest BCUT2D eigenvalue weighted by atomic mass is 9.41. The topological polar surface area (TPSA) is 60.7 Å². The van der Waals surface area contributed by atoms with Gasteiger partial charge in [-0.1, -0.05) is 66.0 Å². The molecule has 0 radical (unpaired) electrons. The van der Waals surface area contributed by atoms with E-state index >= 15 is 0 Å². The molecule has 3 nitrogen and oxygen atoms in total. The monoisotopic (exact) mass is 432 g/mol. The molecule has 0 aromatic rings. The van der Waals surface area contributed by atoms with Crippen molar-refractivity contribution in [1.29, 1.82) is 0 Å². The van der Waals surface area contributed by atoms with Crippen LogP contribution in [0.2, 0.25) is 0 Å². The molecule has 31 heavy (non-hydrogen) atoms.